The summed E-state index contributed by atoms with van der Waals surface area (Å²) in [6.45, 7) is 1.72. The molecule has 21 heavy (non-hydrogen) atoms. The van der Waals surface area contributed by atoms with Gasteiger partial charge < -0.3 is 9.47 Å². The molecule has 0 fully saturated rings. The van der Waals surface area contributed by atoms with Gasteiger partial charge >= 0.3 is 0 Å². The topological polar surface area (TPSA) is 78.4 Å². The molecule has 106 valence electrons. The molecule has 0 aliphatic heterocycles. The monoisotopic (exact) mass is 284 g/mol. The average Bonchev–Trinajstić information content (AvgIpc) is 2.51. The molecule has 3 rings (SSSR count). The Morgan fingerprint density at radius 2 is 1.76 bits per heavy atom. The van der Waals surface area contributed by atoms with E-state index in [9.17, 15) is 9.59 Å². The van der Waals surface area contributed by atoms with E-state index in [2.05, 4.69) is 9.97 Å². The van der Waals surface area contributed by atoms with Gasteiger partial charge in [-0.1, -0.05) is 0 Å². The molecule has 0 bridgehead atoms. The Bertz CT molecular complexity index is 783. The van der Waals surface area contributed by atoms with Crippen molar-refractivity contribution in [2.75, 3.05) is 14.2 Å². The summed E-state index contributed by atoms with van der Waals surface area (Å²) in [6.07, 6.45) is 1.45. The van der Waals surface area contributed by atoms with Gasteiger partial charge in [0.1, 0.15) is 17.1 Å². The second-order valence-electron chi connectivity index (χ2n) is 4.58. The quantitative estimate of drug-likeness (QED) is 0.711. The molecule has 0 unspecified atom stereocenters. The highest BCUT2D eigenvalue weighted by Gasteiger charge is 2.34. The molecule has 2 aromatic rings. The molecular weight excluding hydrogens is 272 g/mol. The lowest BCUT2D eigenvalue weighted by atomic mass is 9.88. The van der Waals surface area contributed by atoms with Gasteiger partial charge in [0.05, 0.1) is 31.5 Å². The molecule has 0 saturated heterocycles. The van der Waals surface area contributed by atoms with E-state index in [1.807, 2.05) is 0 Å². The molecule has 0 N–H and O–H groups in total. The minimum Gasteiger partial charge on any atom is -0.495 e. The van der Waals surface area contributed by atoms with E-state index in [0.717, 1.165) is 0 Å². The Hall–Kier alpha value is -2.76. The molecule has 0 radical (unpaired) electrons. The molecule has 6 nitrogen and oxygen atoms in total. The van der Waals surface area contributed by atoms with Gasteiger partial charge in [-0.05, 0) is 13.0 Å². The van der Waals surface area contributed by atoms with Crippen LogP contribution in [0.4, 0.5) is 0 Å². The minimum atomic E-state index is -0.345. The lowest BCUT2D eigenvalue weighted by molar-refractivity contribution is 0.0970. The Morgan fingerprint density at radius 1 is 1.00 bits per heavy atom. The first kappa shape index (κ1) is 13.2. The van der Waals surface area contributed by atoms with Crippen LogP contribution >= 0.6 is 0 Å². The zero-order valence-corrected chi connectivity index (χ0v) is 11.8. The molecule has 1 aliphatic rings. The molecule has 0 spiro atoms. The van der Waals surface area contributed by atoms with E-state index in [1.165, 1.54) is 26.5 Å². The minimum absolute atomic E-state index is 0.0880. The summed E-state index contributed by atoms with van der Waals surface area (Å²) in [5.41, 5.74) is 1.29. The lowest BCUT2D eigenvalue weighted by Crippen LogP contribution is -2.25. The van der Waals surface area contributed by atoms with Crippen molar-refractivity contribution >= 4 is 11.6 Å². The third-order valence-electron chi connectivity index (χ3n) is 3.49. The molecule has 0 atom stereocenters. The molecule has 6 heteroatoms. The van der Waals surface area contributed by atoms with E-state index >= 15 is 0 Å². The van der Waals surface area contributed by atoms with Crippen LogP contribution in [0, 0.1) is 6.92 Å². The number of fused-ring (bicyclic) bond motifs is 2. The van der Waals surface area contributed by atoms with Gasteiger partial charge in [0.2, 0.25) is 17.4 Å². The number of ether oxygens (including phenoxy) is 2. The maximum absolute atomic E-state index is 12.6. The highest BCUT2D eigenvalue weighted by atomic mass is 16.5. The molecule has 0 aromatic carbocycles. The summed E-state index contributed by atoms with van der Waals surface area (Å²) in [4.78, 5) is 33.3. The number of ketones is 2. The van der Waals surface area contributed by atoms with Crippen LogP contribution in [0.25, 0.3) is 0 Å². The summed E-state index contributed by atoms with van der Waals surface area (Å²) in [7, 11) is 2.94. The summed E-state index contributed by atoms with van der Waals surface area (Å²) < 4.78 is 10.2. The van der Waals surface area contributed by atoms with Crippen molar-refractivity contribution in [3.63, 3.8) is 0 Å². The third kappa shape index (κ3) is 1.79. The van der Waals surface area contributed by atoms with Gasteiger partial charge in [0.25, 0.3) is 0 Å². The van der Waals surface area contributed by atoms with Crippen molar-refractivity contribution in [1.29, 1.82) is 0 Å². The van der Waals surface area contributed by atoms with Crippen LogP contribution in [0.3, 0.4) is 0 Å². The summed E-state index contributed by atoms with van der Waals surface area (Å²) in [5.74, 6) is 0.0796. The van der Waals surface area contributed by atoms with Crippen molar-refractivity contribution in [3.8, 4) is 11.6 Å². The Labute approximate surface area is 120 Å². The smallest absolute Gasteiger partial charge is 0.214 e. The highest BCUT2D eigenvalue weighted by Crippen LogP contribution is 2.31. The highest BCUT2D eigenvalue weighted by molar-refractivity contribution is 6.27. The number of rotatable bonds is 2. The lowest BCUT2D eigenvalue weighted by Gasteiger charge is -2.19. The predicted molar refractivity (Wildman–Crippen MR) is 73.2 cm³/mol. The van der Waals surface area contributed by atoms with Gasteiger partial charge in [0.15, 0.2) is 0 Å². The van der Waals surface area contributed by atoms with Crippen molar-refractivity contribution in [1.82, 2.24) is 9.97 Å². The van der Waals surface area contributed by atoms with E-state index in [0.29, 0.717) is 11.3 Å². The molecule has 1 aliphatic carbocycles. The van der Waals surface area contributed by atoms with Gasteiger partial charge in [-0.3, -0.25) is 9.59 Å². The number of methoxy groups -OCH3 is 2. The van der Waals surface area contributed by atoms with Crippen LogP contribution in [-0.4, -0.2) is 35.8 Å². The molecular formula is C15H12N2O4. The summed E-state index contributed by atoms with van der Waals surface area (Å²) >= 11 is 0. The first-order valence-electron chi connectivity index (χ1n) is 6.26. The summed E-state index contributed by atoms with van der Waals surface area (Å²) in [5, 5.41) is 0. The molecule has 0 amide bonds. The zero-order valence-electron chi connectivity index (χ0n) is 11.8. The number of hydrogen-bond acceptors (Lipinski definition) is 6. The van der Waals surface area contributed by atoms with Gasteiger partial charge in [-0.25, -0.2) is 9.97 Å². The van der Waals surface area contributed by atoms with Crippen LogP contribution in [0.15, 0.2) is 18.3 Å². The van der Waals surface area contributed by atoms with Crippen LogP contribution in [-0.2, 0) is 0 Å². The Balaban J connectivity index is 2.28. The first-order chi connectivity index (χ1) is 10.1. The maximum Gasteiger partial charge on any atom is 0.214 e. The predicted octanol–water partition coefficient (Wildman–Crippen LogP) is 1.58. The molecule has 2 heterocycles. The molecule has 2 aromatic heterocycles. The van der Waals surface area contributed by atoms with Crippen LogP contribution in [0.1, 0.15) is 37.7 Å². The second kappa shape index (κ2) is 4.66. The van der Waals surface area contributed by atoms with Gasteiger partial charge in [-0.15, -0.1) is 0 Å². The fraction of sp³-hybridized carbons (Fsp3) is 0.200. The van der Waals surface area contributed by atoms with Crippen molar-refractivity contribution in [2.24, 2.45) is 0 Å². The number of nitrogens with zero attached hydrogens (tertiary/aromatic N) is 2. The summed E-state index contributed by atoms with van der Waals surface area (Å²) in [6, 6.07) is 3.08. The average molecular weight is 284 g/mol. The second-order valence-corrected chi connectivity index (χ2v) is 4.58. The van der Waals surface area contributed by atoms with E-state index in [-0.39, 0.29) is 40.0 Å². The van der Waals surface area contributed by atoms with E-state index in [1.54, 1.807) is 13.0 Å². The largest absolute Gasteiger partial charge is 0.495 e. The first-order valence-corrected chi connectivity index (χ1v) is 6.26. The fourth-order valence-electron chi connectivity index (χ4n) is 2.40. The van der Waals surface area contributed by atoms with Gasteiger partial charge in [-0.2, -0.15) is 0 Å². The molecule has 0 saturated carbocycles. The number of pyridine rings is 2. The van der Waals surface area contributed by atoms with Gasteiger partial charge in [0, 0.05) is 11.6 Å². The van der Waals surface area contributed by atoms with Crippen LogP contribution in [0.2, 0.25) is 0 Å². The zero-order chi connectivity index (χ0) is 15.1. The standard InChI is InChI=1S/C15H12N2O4/c1-7-9(20-2)6-16-13-11(7)15(19)12-8(14(13)18)4-5-10(17-12)21-3/h4-6H,1-3H3. The maximum atomic E-state index is 12.6. The number of carbonyl (C=O) groups is 2. The van der Waals surface area contributed by atoms with Crippen molar-refractivity contribution < 1.29 is 19.1 Å². The van der Waals surface area contributed by atoms with Crippen molar-refractivity contribution in [3.05, 3.63) is 46.4 Å². The van der Waals surface area contributed by atoms with E-state index < -0.39 is 0 Å². The Kier molecular flexibility index (Phi) is 2.94. The number of carbonyl (C=O) groups excluding carboxylic acids is 2. The Morgan fingerprint density at radius 3 is 2.43 bits per heavy atom. The van der Waals surface area contributed by atoms with E-state index in [4.69, 9.17) is 9.47 Å². The fourth-order valence-corrected chi connectivity index (χ4v) is 2.40. The van der Waals surface area contributed by atoms with Crippen LogP contribution in [0.5, 0.6) is 11.6 Å². The number of hydrogen-bond donors (Lipinski definition) is 0. The number of aromatic nitrogens is 2. The van der Waals surface area contributed by atoms with Crippen molar-refractivity contribution in [2.45, 2.75) is 6.92 Å². The SMILES string of the molecule is COc1ccc2c(n1)C(=O)c1c(ncc(OC)c1C)C2=O. The normalized spacial score (nSPS) is 12.7. The van der Waals surface area contributed by atoms with Crippen LogP contribution < -0.4 is 9.47 Å². The third-order valence-corrected chi connectivity index (χ3v) is 3.49.